The van der Waals surface area contributed by atoms with E-state index in [4.69, 9.17) is 5.11 Å². The Morgan fingerprint density at radius 2 is 1.63 bits per heavy atom. The highest BCUT2D eigenvalue weighted by Gasteiger charge is 2.21. The zero-order valence-corrected chi connectivity index (χ0v) is 11.4. The molecule has 1 aromatic rings. The van der Waals surface area contributed by atoms with Gasteiger partial charge in [-0.25, -0.2) is 0 Å². The van der Waals surface area contributed by atoms with Crippen molar-refractivity contribution in [2.45, 2.75) is 51.0 Å². The first-order valence-electron chi connectivity index (χ1n) is 7.31. The Balaban J connectivity index is 2.13. The van der Waals surface area contributed by atoms with E-state index in [1.807, 2.05) is 30.3 Å². The van der Waals surface area contributed by atoms with E-state index >= 15 is 0 Å². The molecule has 19 heavy (non-hydrogen) atoms. The van der Waals surface area contributed by atoms with E-state index in [0.717, 1.165) is 18.5 Å². The fraction of sp³-hybridized carbons (Fsp3) is 0.562. The molecule has 1 saturated carbocycles. The Kier molecular flexibility index (Phi) is 5.25. The number of anilines is 1. The Bertz CT molecular complexity index is 383. The third-order valence-electron chi connectivity index (χ3n) is 3.91. The average Bonchev–Trinajstić information content (AvgIpc) is 2.37. The SMILES string of the molecule is O=C(O)CN(c1ccccc1)C1CCCCCCC1. The molecule has 104 valence electrons. The zero-order valence-electron chi connectivity index (χ0n) is 11.4. The summed E-state index contributed by atoms with van der Waals surface area (Å²) in [4.78, 5) is 13.2. The minimum absolute atomic E-state index is 0.106. The molecule has 0 aromatic heterocycles. The molecule has 3 nitrogen and oxygen atoms in total. The van der Waals surface area contributed by atoms with Crippen molar-refractivity contribution in [1.29, 1.82) is 0 Å². The normalized spacial score (nSPS) is 17.5. The van der Waals surface area contributed by atoms with E-state index < -0.39 is 5.97 Å². The first-order valence-corrected chi connectivity index (χ1v) is 7.31. The summed E-state index contributed by atoms with van der Waals surface area (Å²) in [6, 6.07) is 10.3. The van der Waals surface area contributed by atoms with Crippen molar-refractivity contribution in [1.82, 2.24) is 0 Å². The first-order chi connectivity index (χ1) is 9.27. The Hall–Kier alpha value is -1.51. The van der Waals surface area contributed by atoms with Crippen LogP contribution in [0.4, 0.5) is 5.69 Å². The standard InChI is InChI=1S/C16H23NO2/c18-16(19)13-17(15-11-7-4-8-12-15)14-9-5-2-1-3-6-10-14/h4,7-8,11-12,14H,1-3,5-6,9-10,13H2,(H,18,19). The molecule has 1 fully saturated rings. The highest BCUT2D eigenvalue weighted by molar-refractivity contribution is 5.74. The van der Waals surface area contributed by atoms with Crippen LogP contribution in [0.15, 0.2) is 30.3 Å². The number of benzene rings is 1. The predicted molar refractivity (Wildman–Crippen MR) is 77.5 cm³/mol. The minimum Gasteiger partial charge on any atom is -0.480 e. The van der Waals surface area contributed by atoms with Gasteiger partial charge in [0, 0.05) is 11.7 Å². The molecule has 1 aliphatic rings. The van der Waals surface area contributed by atoms with Gasteiger partial charge in [0.05, 0.1) is 0 Å². The van der Waals surface area contributed by atoms with E-state index in [1.165, 1.54) is 32.1 Å². The van der Waals surface area contributed by atoms with E-state index in [1.54, 1.807) is 0 Å². The van der Waals surface area contributed by atoms with Crippen LogP contribution in [0.1, 0.15) is 44.9 Å². The molecule has 1 aliphatic carbocycles. The van der Waals surface area contributed by atoms with Gasteiger partial charge in [-0.15, -0.1) is 0 Å². The van der Waals surface area contributed by atoms with Gasteiger partial charge in [-0.2, -0.15) is 0 Å². The van der Waals surface area contributed by atoms with E-state index in [9.17, 15) is 4.79 Å². The van der Waals surface area contributed by atoms with Crippen LogP contribution < -0.4 is 4.90 Å². The van der Waals surface area contributed by atoms with Gasteiger partial charge >= 0.3 is 5.97 Å². The largest absolute Gasteiger partial charge is 0.480 e. The number of aliphatic carboxylic acids is 1. The van der Waals surface area contributed by atoms with E-state index in [-0.39, 0.29) is 6.54 Å². The van der Waals surface area contributed by atoms with Gasteiger partial charge in [0.1, 0.15) is 6.54 Å². The lowest BCUT2D eigenvalue weighted by Crippen LogP contribution is -2.39. The van der Waals surface area contributed by atoms with Crippen molar-refractivity contribution in [3.63, 3.8) is 0 Å². The van der Waals surface area contributed by atoms with Crippen LogP contribution in [0.2, 0.25) is 0 Å². The molecule has 0 amide bonds. The van der Waals surface area contributed by atoms with Gasteiger partial charge in [0.2, 0.25) is 0 Å². The summed E-state index contributed by atoms with van der Waals surface area (Å²) < 4.78 is 0. The summed E-state index contributed by atoms with van der Waals surface area (Å²) >= 11 is 0. The van der Waals surface area contributed by atoms with Crippen LogP contribution in [0.5, 0.6) is 0 Å². The lowest BCUT2D eigenvalue weighted by Gasteiger charge is -2.33. The molecular weight excluding hydrogens is 238 g/mol. The molecule has 0 spiro atoms. The second-order valence-corrected chi connectivity index (χ2v) is 5.36. The first kappa shape index (κ1) is 13.9. The molecule has 0 atom stereocenters. The topological polar surface area (TPSA) is 40.5 Å². The molecular formula is C16H23NO2. The smallest absolute Gasteiger partial charge is 0.323 e. The molecule has 0 radical (unpaired) electrons. The Labute approximate surface area is 115 Å². The highest BCUT2D eigenvalue weighted by atomic mass is 16.4. The van der Waals surface area contributed by atoms with Gasteiger partial charge in [-0.3, -0.25) is 4.79 Å². The maximum Gasteiger partial charge on any atom is 0.323 e. The molecule has 2 rings (SSSR count). The zero-order chi connectivity index (χ0) is 13.5. The van der Waals surface area contributed by atoms with Crippen LogP contribution in [-0.4, -0.2) is 23.7 Å². The quantitative estimate of drug-likeness (QED) is 0.898. The van der Waals surface area contributed by atoms with Gasteiger partial charge in [0.25, 0.3) is 0 Å². The summed E-state index contributed by atoms with van der Waals surface area (Å²) in [6.07, 6.45) is 8.56. The number of carboxylic acids is 1. The summed E-state index contributed by atoms with van der Waals surface area (Å²) in [5.74, 6) is -0.745. The van der Waals surface area contributed by atoms with Crippen molar-refractivity contribution in [3.8, 4) is 0 Å². The van der Waals surface area contributed by atoms with Gasteiger partial charge in [-0.1, -0.05) is 50.3 Å². The summed E-state index contributed by atoms with van der Waals surface area (Å²) in [6.45, 7) is 0.106. The van der Waals surface area contributed by atoms with Crippen molar-refractivity contribution < 1.29 is 9.90 Å². The van der Waals surface area contributed by atoms with Crippen molar-refractivity contribution in [2.75, 3.05) is 11.4 Å². The van der Waals surface area contributed by atoms with Crippen molar-refractivity contribution in [2.24, 2.45) is 0 Å². The molecule has 1 aromatic carbocycles. The summed E-state index contributed by atoms with van der Waals surface area (Å²) in [5, 5.41) is 9.16. The van der Waals surface area contributed by atoms with Crippen LogP contribution in [-0.2, 0) is 4.79 Å². The molecule has 0 saturated heterocycles. The van der Waals surface area contributed by atoms with E-state index in [0.29, 0.717) is 6.04 Å². The number of carbonyl (C=O) groups is 1. The summed E-state index contributed by atoms with van der Waals surface area (Å²) in [5.41, 5.74) is 1.04. The highest BCUT2D eigenvalue weighted by Crippen LogP contribution is 2.25. The lowest BCUT2D eigenvalue weighted by molar-refractivity contribution is -0.135. The molecule has 0 bridgehead atoms. The minimum atomic E-state index is -0.745. The van der Waals surface area contributed by atoms with Gasteiger partial charge in [-0.05, 0) is 25.0 Å². The van der Waals surface area contributed by atoms with Crippen LogP contribution >= 0.6 is 0 Å². The third-order valence-corrected chi connectivity index (χ3v) is 3.91. The second-order valence-electron chi connectivity index (χ2n) is 5.36. The Morgan fingerprint density at radius 3 is 2.21 bits per heavy atom. The summed E-state index contributed by atoms with van der Waals surface area (Å²) in [7, 11) is 0. The van der Waals surface area contributed by atoms with Gasteiger partial charge < -0.3 is 10.0 Å². The van der Waals surface area contributed by atoms with Crippen LogP contribution in [0.3, 0.4) is 0 Å². The maximum absolute atomic E-state index is 11.1. The Morgan fingerprint density at radius 1 is 1.05 bits per heavy atom. The fourth-order valence-electron chi connectivity index (χ4n) is 2.94. The molecule has 0 heterocycles. The average molecular weight is 261 g/mol. The predicted octanol–water partition coefficient (Wildman–Crippen LogP) is 3.69. The molecule has 0 aliphatic heterocycles. The monoisotopic (exact) mass is 261 g/mol. The number of rotatable bonds is 4. The van der Waals surface area contributed by atoms with Crippen LogP contribution in [0.25, 0.3) is 0 Å². The molecule has 0 unspecified atom stereocenters. The maximum atomic E-state index is 11.1. The number of carboxylic acid groups (broad SMARTS) is 1. The second kappa shape index (κ2) is 7.17. The number of para-hydroxylation sites is 1. The lowest BCUT2D eigenvalue weighted by atomic mass is 9.95. The third kappa shape index (κ3) is 4.27. The molecule has 3 heteroatoms. The number of nitrogens with zero attached hydrogens (tertiary/aromatic N) is 1. The van der Waals surface area contributed by atoms with E-state index in [2.05, 4.69) is 4.90 Å². The number of hydrogen-bond acceptors (Lipinski definition) is 2. The fourth-order valence-corrected chi connectivity index (χ4v) is 2.94. The van der Waals surface area contributed by atoms with Crippen molar-refractivity contribution in [3.05, 3.63) is 30.3 Å². The number of hydrogen-bond donors (Lipinski definition) is 1. The molecule has 1 N–H and O–H groups in total. The van der Waals surface area contributed by atoms with Gasteiger partial charge in [0.15, 0.2) is 0 Å². The van der Waals surface area contributed by atoms with Crippen molar-refractivity contribution >= 4 is 11.7 Å². The van der Waals surface area contributed by atoms with Crippen LogP contribution in [0, 0.1) is 0 Å².